The van der Waals surface area contributed by atoms with E-state index in [9.17, 15) is 4.79 Å². The van der Waals surface area contributed by atoms with Gasteiger partial charge in [-0.1, -0.05) is 6.42 Å². The average Bonchev–Trinajstić information content (AvgIpc) is 3.15. The molecule has 1 aliphatic rings. The van der Waals surface area contributed by atoms with Crippen LogP contribution in [0.1, 0.15) is 49.8 Å². The zero-order valence-electron chi connectivity index (χ0n) is 16.9. The Morgan fingerprint density at radius 1 is 1.18 bits per heavy atom. The highest BCUT2D eigenvalue weighted by Gasteiger charge is 2.11. The van der Waals surface area contributed by atoms with Gasteiger partial charge in [0, 0.05) is 43.4 Å². The first-order valence-electron chi connectivity index (χ1n) is 10.3. The Morgan fingerprint density at radius 3 is 2.75 bits per heavy atom. The molecule has 158 valence electrons. The number of nitrogens with zero attached hydrogens (tertiary/aromatic N) is 1. The summed E-state index contributed by atoms with van der Waals surface area (Å²) in [7, 11) is 1.78. The summed E-state index contributed by atoms with van der Waals surface area (Å²) in [4.78, 5) is 15.7. The number of nitrogens with one attached hydrogen (secondary N) is 3. The van der Waals surface area contributed by atoms with Gasteiger partial charge in [-0.15, -0.1) is 11.3 Å². The number of amides is 1. The standard InChI is InChI=1S/C20H34N4O2S2/c1-21-20(27)23-10-7-8-19(25)22-9-3-6-13-26-17-14-18(28-16-17)15-24-11-4-2-5-12-24/h14,16H,2-13,15H2,1H3,(H,22,25)(H2,21,23,27). The van der Waals surface area contributed by atoms with Crippen LogP contribution in [0.4, 0.5) is 0 Å². The number of carbonyl (C=O) groups excluding carboxylic acids is 1. The lowest BCUT2D eigenvalue weighted by atomic mass is 10.1. The maximum atomic E-state index is 11.8. The average molecular weight is 427 g/mol. The molecule has 0 bridgehead atoms. The molecule has 0 aromatic carbocycles. The van der Waals surface area contributed by atoms with Crippen molar-refractivity contribution >= 4 is 34.6 Å². The Labute approximate surface area is 178 Å². The maximum absolute atomic E-state index is 11.8. The van der Waals surface area contributed by atoms with Gasteiger partial charge in [-0.3, -0.25) is 9.69 Å². The van der Waals surface area contributed by atoms with Crippen LogP contribution in [-0.2, 0) is 11.3 Å². The molecule has 3 N–H and O–H groups in total. The number of hydrogen-bond donors (Lipinski definition) is 3. The molecule has 0 radical (unpaired) electrons. The summed E-state index contributed by atoms with van der Waals surface area (Å²) < 4.78 is 5.85. The van der Waals surface area contributed by atoms with Crippen LogP contribution in [0, 0.1) is 0 Å². The van der Waals surface area contributed by atoms with Gasteiger partial charge in [-0.25, -0.2) is 0 Å². The Morgan fingerprint density at radius 2 is 1.96 bits per heavy atom. The van der Waals surface area contributed by atoms with E-state index in [-0.39, 0.29) is 5.91 Å². The number of likely N-dealkylation sites (tertiary alicyclic amines) is 1. The molecule has 8 heteroatoms. The van der Waals surface area contributed by atoms with Gasteiger partial charge in [0.25, 0.3) is 0 Å². The molecule has 2 rings (SSSR count). The first kappa shape index (κ1) is 22.9. The first-order chi connectivity index (χ1) is 13.7. The maximum Gasteiger partial charge on any atom is 0.220 e. The molecule has 1 aromatic rings. The number of ether oxygens (including phenoxy) is 1. The number of piperidine rings is 1. The van der Waals surface area contributed by atoms with Gasteiger partial charge in [-0.2, -0.15) is 0 Å². The lowest BCUT2D eigenvalue weighted by molar-refractivity contribution is -0.121. The molecule has 1 aromatic heterocycles. The minimum atomic E-state index is 0.0956. The van der Waals surface area contributed by atoms with E-state index in [0.29, 0.717) is 31.2 Å². The molecular formula is C20H34N4O2S2. The molecule has 28 heavy (non-hydrogen) atoms. The highest BCUT2D eigenvalue weighted by atomic mass is 32.1. The van der Waals surface area contributed by atoms with Crippen molar-refractivity contribution in [3.05, 3.63) is 16.3 Å². The SMILES string of the molecule is CNC(=S)NCCCC(=O)NCCCCOc1csc(CN2CCCCC2)c1. The normalized spacial score (nSPS) is 14.5. The quantitative estimate of drug-likeness (QED) is 0.353. The molecule has 1 saturated heterocycles. The van der Waals surface area contributed by atoms with Crippen molar-refractivity contribution in [3.8, 4) is 5.75 Å². The topological polar surface area (TPSA) is 65.6 Å². The van der Waals surface area contributed by atoms with E-state index in [2.05, 4.69) is 32.3 Å². The van der Waals surface area contributed by atoms with Crippen molar-refractivity contribution in [2.45, 2.75) is 51.5 Å². The van der Waals surface area contributed by atoms with Crippen LogP contribution in [0.25, 0.3) is 0 Å². The summed E-state index contributed by atoms with van der Waals surface area (Å²) in [6.45, 7) is 5.60. The lowest BCUT2D eigenvalue weighted by Crippen LogP contribution is -2.33. The number of hydrogen-bond acceptors (Lipinski definition) is 5. The van der Waals surface area contributed by atoms with Crippen LogP contribution < -0.4 is 20.7 Å². The second kappa shape index (κ2) is 13.7. The van der Waals surface area contributed by atoms with Gasteiger partial charge < -0.3 is 20.7 Å². The van der Waals surface area contributed by atoms with E-state index in [1.165, 1.54) is 37.2 Å². The second-order valence-electron chi connectivity index (χ2n) is 7.10. The number of unbranched alkanes of at least 4 members (excludes halogenated alkanes) is 1. The minimum Gasteiger partial charge on any atom is -0.493 e. The number of carbonyl (C=O) groups is 1. The third-order valence-corrected chi connectivity index (χ3v) is 5.96. The summed E-state index contributed by atoms with van der Waals surface area (Å²) in [5.41, 5.74) is 0. The van der Waals surface area contributed by atoms with Gasteiger partial charge in [-0.05, 0) is 63.5 Å². The third-order valence-electron chi connectivity index (χ3n) is 4.71. The number of thiocarbonyl (C=S) groups is 1. The fraction of sp³-hybridized carbons (Fsp3) is 0.700. The molecule has 1 fully saturated rings. The van der Waals surface area contributed by atoms with Crippen LogP contribution in [0.2, 0.25) is 0 Å². The fourth-order valence-corrected chi connectivity index (χ4v) is 4.08. The largest absolute Gasteiger partial charge is 0.493 e. The van der Waals surface area contributed by atoms with E-state index in [4.69, 9.17) is 17.0 Å². The van der Waals surface area contributed by atoms with E-state index < -0.39 is 0 Å². The Bertz CT molecular complexity index is 589. The monoisotopic (exact) mass is 426 g/mol. The molecule has 0 atom stereocenters. The fourth-order valence-electron chi connectivity index (χ4n) is 3.13. The van der Waals surface area contributed by atoms with Crippen LogP contribution in [0.5, 0.6) is 5.75 Å². The van der Waals surface area contributed by atoms with Crippen molar-refractivity contribution < 1.29 is 9.53 Å². The zero-order chi connectivity index (χ0) is 20.0. The molecule has 0 spiro atoms. The molecule has 1 aliphatic heterocycles. The summed E-state index contributed by atoms with van der Waals surface area (Å²) in [6.07, 6.45) is 7.19. The van der Waals surface area contributed by atoms with E-state index in [1.807, 2.05) is 0 Å². The van der Waals surface area contributed by atoms with Gasteiger partial charge in [0.15, 0.2) is 5.11 Å². The van der Waals surface area contributed by atoms with Crippen molar-refractivity contribution in [2.24, 2.45) is 0 Å². The number of thiophene rings is 1. The van der Waals surface area contributed by atoms with E-state index >= 15 is 0 Å². The van der Waals surface area contributed by atoms with Gasteiger partial charge in [0.05, 0.1) is 6.61 Å². The molecule has 6 nitrogen and oxygen atoms in total. The smallest absolute Gasteiger partial charge is 0.220 e. The summed E-state index contributed by atoms with van der Waals surface area (Å²) in [6, 6.07) is 2.18. The molecule has 1 amide bonds. The Hall–Kier alpha value is -1.38. The van der Waals surface area contributed by atoms with Crippen molar-refractivity contribution in [3.63, 3.8) is 0 Å². The Kier molecular flexibility index (Phi) is 11.2. The van der Waals surface area contributed by atoms with Crippen molar-refractivity contribution in [2.75, 3.05) is 39.8 Å². The second-order valence-corrected chi connectivity index (χ2v) is 8.50. The molecule has 0 unspecified atom stereocenters. The highest BCUT2D eigenvalue weighted by Crippen LogP contribution is 2.24. The third kappa shape index (κ3) is 9.71. The zero-order valence-corrected chi connectivity index (χ0v) is 18.6. The Balaban J connectivity index is 1.46. The van der Waals surface area contributed by atoms with Crippen molar-refractivity contribution in [1.29, 1.82) is 0 Å². The van der Waals surface area contributed by atoms with Gasteiger partial charge >= 0.3 is 0 Å². The van der Waals surface area contributed by atoms with E-state index in [0.717, 1.165) is 31.6 Å². The highest BCUT2D eigenvalue weighted by molar-refractivity contribution is 7.80. The first-order valence-corrected chi connectivity index (χ1v) is 11.6. The van der Waals surface area contributed by atoms with Crippen LogP contribution in [0.3, 0.4) is 0 Å². The van der Waals surface area contributed by atoms with Gasteiger partial charge in [0.1, 0.15) is 5.75 Å². The predicted molar refractivity (Wildman–Crippen MR) is 120 cm³/mol. The van der Waals surface area contributed by atoms with Crippen LogP contribution >= 0.6 is 23.6 Å². The lowest BCUT2D eigenvalue weighted by Gasteiger charge is -2.25. The number of rotatable bonds is 12. The summed E-state index contributed by atoms with van der Waals surface area (Å²) in [5.74, 6) is 1.08. The van der Waals surface area contributed by atoms with Crippen molar-refractivity contribution in [1.82, 2.24) is 20.9 Å². The van der Waals surface area contributed by atoms with Gasteiger partial charge in [0.2, 0.25) is 5.91 Å². The summed E-state index contributed by atoms with van der Waals surface area (Å²) >= 11 is 6.77. The molecule has 2 heterocycles. The molecule has 0 aliphatic carbocycles. The van der Waals surface area contributed by atoms with Crippen LogP contribution in [-0.4, -0.2) is 55.8 Å². The minimum absolute atomic E-state index is 0.0956. The van der Waals surface area contributed by atoms with E-state index in [1.54, 1.807) is 18.4 Å². The summed E-state index contributed by atoms with van der Waals surface area (Å²) in [5, 5.41) is 11.6. The molecule has 0 saturated carbocycles. The molecular weight excluding hydrogens is 392 g/mol. The van der Waals surface area contributed by atoms with Crippen LogP contribution in [0.15, 0.2) is 11.4 Å². The predicted octanol–water partition coefficient (Wildman–Crippen LogP) is 2.88.